The maximum absolute atomic E-state index is 11.8. The molecule has 0 aromatic heterocycles. The number of nitrogens with zero attached hydrogens (tertiary/aromatic N) is 1. The van der Waals surface area contributed by atoms with Crippen LogP contribution in [-0.4, -0.2) is 28.6 Å². The van der Waals surface area contributed by atoms with E-state index in [1.807, 2.05) is 13.8 Å². The highest BCUT2D eigenvalue weighted by Crippen LogP contribution is 2.18. The van der Waals surface area contributed by atoms with Crippen LogP contribution in [0, 0.1) is 16.0 Å². The van der Waals surface area contributed by atoms with Crippen molar-refractivity contribution in [3.8, 4) is 0 Å². The Bertz CT molecular complexity index is 460. The number of benzene rings is 1. The van der Waals surface area contributed by atoms with Gasteiger partial charge in [-0.2, -0.15) is 0 Å². The van der Waals surface area contributed by atoms with Crippen LogP contribution in [0.1, 0.15) is 19.4 Å². The minimum absolute atomic E-state index is 0.0669. The van der Waals surface area contributed by atoms with Crippen LogP contribution in [0.4, 0.5) is 5.69 Å². The Labute approximate surface area is 111 Å². The molecule has 1 amide bonds. The van der Waals surface area contributed by atoms with Crippen LogP contribution < -0.4 is 5.32 Å². The molecule has 2 N–H and O–H groups in total. The van der Waals surface area contributed by atoms with E-state index in [4.69, 9.17) is 5.11 Å². The molecule has 1 aromatic rings. The molecule has 1 rings (SSSR count). The second-order valence-corrected chi connectivity index (χ2v) is 4.66. The molecule has 0 unspecified atom stereocenters. The maximum Gasteiger partial charge on any atom is 0.273 e. The Hall–Kier alpha value is -1.95. The molecule has 0 fully saturated rings. The predicted molar refractivity (Wildman–Crippen MR) is 70.7 cm³/mol. The first-order valence-corrected chi connectivity index (χ1v) is 6.08. The lowest BCUT2D eigenvalue weighted by Crippen LogP contribution is -2.41. The van der Waals surface area contributed by atoms with Crippen LogP contribution in [0.3, 0.4) is 0 Å². The monoisotopic (exact) mass is 266 g/mol. The Morgan fingerprint density at radius 3 is 2.58 bits per heavy atom. The van der Waals surface area contributed by atoms with Crippen LogP contribution in [0.5, 0.6) is 0 Å². The Balaban J connectivity index is 2.75. The summed E-state index contributed by atoms with van der Waals surface area (Å²) in [6, 6.07) is 5.80. The summed E-state index contributed by atoms with van der Waals surface area (Å²) in [5.41, 5.74) is 0.299. The molecular weight excluding hydrogens is 248 g/mol. The SMILES string of the molecule is CC(C)[C@@H](CO)NC(=O)Cc1ccccc1[N+](=O)[O-]. The third-order valence-corrected chi connectivity index (χ3v) is 2.89. The second kappa shape index (κ2) is 6.84. The van der Waals surface area contributed by atoms with Gasteiger partial charge in [0.1, 0.15) is 0 Å². The molecule has 0 aliphatic rings. The molecule has 0 saturated heterocycles. The molecule has 0 bridgehead atoms. The van der Waals surface area contributed by atoms with E-state index in [0.717, 1.165) is 0 Å². The zero-order valence-corrected chi connectivity index (χ0v) is 11.0. The van der Waals surface area contributed by atoms with Crippen molar-refractivity contribution in [3.63, 3.8) is 0 Å². The standard InChI is InChI=1S/C13H18N2O4/c1-9(2)11(8-16)14-13(17)7-10-5-3-4-6-12(10)15(18)19/h3-6,9,11,16H,7-8H2,1-2H3,(H,14,17)/t11-/m1/s1. The van der Waals surface area contributed by atoms with E-state index < -0.39 is 4.92 Å². The van der Waals surface area contributed by atoms with Crippen molar-refractivity contribution in [1.82, 2.24) is 5.32 Å². The van der Waals surface area contributed by atoms with Gasteiger partial charge in [0.15, 0.2) is 0 Å². The first kappa shape index (κ1) is 15.1. The third-order valence-electron chi connectivity index (χ3n) is 2.89. The number of carbonyl (C=O) groups excluding carboxylic acids is 1. The molecule has 1 aromatic carbocycles. The smallest absolute Gasteiger partial charge is 0.273 e. The molecule has 0 saturated carbocycles. The number of carbonyl (C=O) groups is 1. The van der Waals surface area contributed by atoms with Crippen molar-refractivity contribution in [3.05, 3.63) is 39.9 Å². The number of nitro groups is 1. The van der Waals surface area contributed by atoms with Crippen molar-refractivity contribution >= 4 is 11.6 Å². The van der Waals surface area contributed by atoms with E-state index in [2.05, 4.69) is 5.32 Å². The fraction of sp³-hybridized carbons (Fsp3) is 0.462. The summed E-state index contributed by atoms with van der Waals surface area (Å²) in [5, 5.41) is 22.6. The van der Waals surface area contributed by atoms with Crippen molar-refractivity contribution < 1.29 is 14.8 Å². The summed E-state index contributed by atoms with van der Waals surface area (Å²) in [7, 11) is 0. The fourth-order valence-electron chi connectivity index (χ4n) is 1.69. The van der Waals surface area contributed by atoms with Crippen molar-refractivity contribution in [1.29, 1.82) is 0 Å². The van der Waals surface area contributed by atoms with Crippen molar-refractivity contribution in [2.45, 2.75) is 26.3 Å². The lowest BCUT2D eigenvalue weighted by atomic mass is 10.0. The van der Waals surface area contributed by atoms with E-state index >= 15 is 0 Å². The molecule has 0 spiro atoms. The second-order valence-electron chi connectivity index (χ2n) is 4.66. The first-order chi connectivity index (χ1) is 8.95. The minimum atomic E-state index is -0.505. The number of hydrogen-bond donors (Lipinski definition) is 2. The Morgan fingerprint density at radius 1 is 1.42 bits per heavy atom. The molecule has 0 aliphatic heterocycles. The van der Waals surface area contributed by atoms with Gasteiger partial charge in [0.05, 0.1) is 24.0 Å². The van der Waals surface area contributed by atoms with Gasteiger partial charge >= 0.3 is 0 Å². The number of hydrogen-bond acceptors (Lipinski definition) is 4. The van der Waals surface area contributed by atoms with Crippen LogP contribution in [0.25, 0.3) is 0 Å². The number of nitro benzene ring substituents is 1. The van der Waals surface area contributed by atoms with E-state index in [1.165, 1.54) is 6.07 Å². The highest BCUT2D eigenvalue weighted by Gasteiger charge is 2.19. The van der Waals surface area contributed by atoms with E-state index in [-0.39, 0.29) is 36.6 Å². The topological polar surface area (TPSA) is 92.5 Å². The Morgan fingerprint density at radius 2 is 2.05 bits per heavy atom. The zero-order chi connectivity index (χ0) is 14.4. The summed E-state index contributed by atoms with van der Waals surface area (Å²) >= 11 is 0. The summed E-state index contributed by atoms with van der Waals surface area (Å²) < 4.78 is 0. The average molecular weight is 266 g/mol. The zero-order valence-electron chi connectivity index (χ0n) is 11.0. The number of amides is 1. The molecule has 19 heavy (non-hydrogen) atoms. The normalized spacial score (nSPS) is 12.2. The van der Waals surface area contributed by atoms with Gasteiger partial charge < -0.3 is 10.4 Å². The highest BCUT2D eigenvalue weighted by atomic mass is 16.6. The largest absolute Gasteiger partial charge is 0.394 e. The van der Waals surface area contributed by atoms with Gasteiger partial charge in [-0.25, -0.2) is 0 Å². The van der Waals surface area contributed by atoms with Gasteiger partial charge in [0.2, 0.25) is 5.91 Å². The molecular formula is C13H18N2O4. The Kier molecular flexibility index (Phi) is 5.44. The molecule has 0 heterocycles. The van der Waals surface area contributed by atoms with Gasteiger partial charge in [0, 0.05) is 11.6 Å². The first-order valence-electron chi connectivity index (χ1n) is 6.08. The summed E-state index contributed by atoms with van der Waals surface area (Å²) in [6.45, 7) is 3.61. The van der Waals surface area contributed by atoms with Crippen LogP contribution in [0.15, 0.2) is 24.3 Å². The maximum atomic E-state index is 11.8. The lowest BCUT2D eigenvalue weighted by Gasteiger charge is -2.19. The number of rotatable bonds is 6. The quantitative estimate of drug-likeness (QED) is 0.599. The van der Waals surface area contributed by atoms with Gasteiger partial charge in [-0.3, -0.25) is 14.9 Å². The molecule has 0 aliphatic carbocycles. The highest BCUT2D eigenvalue weighted by molar-refractivity contribution is 5.80. The molecule has 104 valence electrons. The number of para-hydroxylation sites is 1. The predicted octanol–water partition coefficient (Wildman–Crippen LogP) is 1.27. The van der Waals surface area contributed by atoms with Gasteiger partial charge in [-0.15, -0.1) is 0 Å². The van der Waals surface area contributed by atoms with Crippen molar-refractivity contribution in [2.75, 3.05) is 6.61 Å². The number of aliphatic hydroxyl groups excluding tert-OH is 1. The molecule has 6 heteroatoms. The van der Waals surface area contributed by atoms with Crippen LogP contribution >= 0.6 is 0 Å². The lowest BCUT2D eigenvalue weighted by molar-refractivity contribution is -0.385. The fourth-order valence-corrected chi connectivity index (χ4v) is 1.69. The average Bonchev–Trinajstić information content (AvgIpc) is 2.35. The number of aliphatic hydroxyl groups is 1. The van der Waals surface area contributed by atoms with E-state index in [0.29, 0.717) is 5.56 Å². The summed E-state index contributed by atoms with van der Waals surface area (Å²) in [4.78, 5) is 22.1. The van der Waals surface area contributed by atoms with Gasteiger partial charge in [0.25, 0.3) is 5.69 Å². The minimum Gasteiger partial charge on any atom is -0.394 e. The van der Waals surface area contributed by atoms with E-state index in [1.54, 1.807) is 18.2 Å². The van der Waals surface area contributed by atoms with Gasteiger partial charge in [-0.1, -0.05) is 32.0 Å². The van der Waals surface area contributed by atoms with Crippen LogP contribution in [0.2, 0.25) is 0 Å². The molecule has 1 atom stereocenters. The van der Waals surface area contributed by atoms with Gasteiger partial charge in [-0.05, 0) is 5.92 Å². The third kappa shape index (κ3) is 4.33. The molecule has 6 nitrogen and oxygen atoms in total. The van der Waals surface area contributed by atoms with E-state index in [9.17, 15) is 14.9 Å². The number of nitrogens with one attached hydrogen (secondary N) is 1. The summed E-state index contributed by atoms with van der Waals surface area (Å²) in [6.07, 6.45) is -0.0691. The van der Waals surface area contributed by atoms with Crippen molar-refractivity contribution in [2.24, 2.45) is 5.92 Å². The van der Waals surface area contributed by atoms with Crippen LogP contribution in [-0.2, 0) is 11.2 Å². The summed E-state index contributed by atoms with van der Waals surface area (Å²) in [5.74, 6) is -0.234. The molecule has 0 radical (unpaired) electrons.